The van der Waals surface area contributed by atoms with Crippen LogP contribution in [0.15, 0.2) is 47.4 Å². The van der Waals surface area contributed by atoms with Crippen molar-refractivity contribution < 1.29 is 23.8 Å². The van der Waals surface area contributed by atoms with Crippen LogP contribution in [0.5, 0.6) is 11.5 Å². The van der Waals surface area contributed by atoms with Crippen molar-refractivity contribution >= 4 is 29.3 Å². The number of amides is 1. The van der Waals surface area contributed by atoms with Crippen molar-refractivity contribution in [2.75, 3.05) is 19.5 Å². The third-order valence-electron chi connectivity index (χ3n) is 3.93. The van der Waals surface area contributed by atoms with Crippen molar-refractivity contribution in [1.29, 1.82) is 0 Å². The Kier molecular flexibility index (Phi) is 5.68. The summed E-state index contributed by atoms with van der Waals surface area (Å²) >= 11 is 1.37. The fourth-order valence-electron chi connectivity index (χ4n) is 2.59. The number of anilines is 1. The van der Waals surface area contributed by atoms with Gasteiger partial charge in [-0.15, -0.1) is 11.8 Å². The molecule has 7 heteroatoms. The van der Waals surface area contributed by atoms with Crippen LogP contribution < -0.4 is 14.8 Å². The van der Waals surface area contributed by atoms with Gasteiger partial charge >= 0.3 is 5.97 Å². The van der Waals surface area contributed by atoms with E-state index in [1.165, 1.54) is 11.8 Å². The number of nitrogens with one attached hydrogen (secondary N) is 1. The maximum absolute atomic E-state index is 12.2. The first kappa shape index (κ1) is 18.1. The van der Waals surface area contributed by atoms with Gasteiger partial charge in [0.25, 0.3) is 0 Å². The van der Waals surface area contributed by atoms with E-state index in [2.05, 4.69) is 5.32 Å². The molecule has 0 saturated heterocycles. The molecule has 0 radical (unpaired) electrons. The average Bonchev–Trinajstić information content (AvgIpc) is 2.66. The molecule has 1 aliphatic heterocycles. The first-order chi connectivity index (χ1) is 12.6. The zero-order chi connectivity index (χ0) is 18.5. The van der Waals surface area contributed by atoms with Crippen LogP contribution in [-0.2, 0) is 20.9 Å². The molecule has 1 amide bonds. The van der Waals surface area contributed by atoms with Crippen molar-refractivity contribution in [2.24, 2.45) is 0 Å². The second-order valence-electron chi connectivity index (χ2n) is 5.63. The molecule has 2 aromatic rings. The summed E-state index contributed by atoms with van der Waals surface area (Å²) in [6.45, 7) is 0.0504. The van der Waals surface area contributed by atoms with Gasteiger partial charge in [0.15, 0.2) is 0 Å². The minimum absolute atomic E-state index is 0.00286. The first-order valence-electron chi connectivity index (χ1n) is 8.04. The lowest BCUT2D eigenvalue weighted by Crippen LogP contribution is -2.31. The summed E-state index contributed by atoms with van der Waals surface area (Å²) in [6.07, 6.45) is -0.00286. The molecule has 1 aliphatic rings. The molecule has 0 aromatic heterocycles. The van der Waals surface area contributed by atoms with Gasteiger partial charge in [0.2, 0.25) is 5.91 Å². The molecule has 3 rings (SSSR count). The average molecular weight is 373 g/mol. The molecule has 1 heterocycles. The van der Waals surface area contributed by atoms with E-state index in [0.717, 1.165) is 10.6 Å². The van der Waals surface area contributed by atoms with E-state index in [-0.39, 0.29) is 18.9 Å². The summed E-state index contributed by atoms with van der Waals surface area (Å²) < 4.78 is 15.8. The second-order valence-corrected chi connectivity index (χ2v) is 6.88. The Morgan fingerprint density at radius 2 is 1.96 bits per heavy atom. The number of rotatable bonds is 6. The number of esters is 1. The highest BCUT2D eigenvalue weighted by molar-refractivity contribution is 8.01. The van der Waals surface area contributed by atoms with E-state index in [4.69, 9.17) is 14.2 Å². The Hall–Kier alpha value is -2.67. The Bertz CT molecular complexity index is 823. The molecule has 136 valence electrons. The number of ether oxygens (including phenoxy) is 3. The van der Waals surface area contributed by atoms with Crippen LogP contribution in [0.2, 0.25) is 0 Å². The smallest absolute Gasteiger partial charge is 0.307 e. The van der Waals surface area contributed by atoms with Gasteiger partial charge < -0.3 is 19.5 Å². The highest BCUT2D eigenvalue weighted by Crippen LogP contribution is 2.36. The lowest BCUT2D eigenvalue weighted by atomic mass is 10.2. The zero-order valence-electron chi connectivity index (χ0n) is 14.5. The quantitative estimate of drug-likeness (QED) is 0.784. The van der Waals surface area contributed by atoms with Crippen LogP contribution in [0.25, 0.3) is 0 Å². The van der Waals surface area contributed by atoms with Gasteiger partial charge in [0.05, 0.1) is 31.6 Å². The van der Waals surface area contributed by atoms with Crippen LogP contribution in [-0.4, -0.2) is 31.3 Å². The summed E-state index contributed by atoms with van der Waals surface area (Å²) in [4.78, 5) is 25.3. The third-order valence-corrected chi connectivity index (χ3v) is 5.21. The first-order valence-corrected chi connectivity index (χ1v) is 8.91. The predicted molar refractivity (Wildman–Crippen MR) is 98.7 cm³/mol. The number of hydrogen-bond donors (Lipinski definition) is 1. The van der Waals surface area contributed by atoms with Crippen LogP contribution >= 0.6 is 11.8 Å². The van der Waals surface area contributed by atoms with E-state index in [0.29, 0.717) is 17.1 Å². The van der Waals surface area contributed by atoms with Gasteiger partial charge in [0.1, 0.15) is 18.1 Å². The van der Waals surface area contributed by atoms with Crippen molar-refractivity contribution in [3.8, 4) is 11.5 Å². The Labute approximate surface area is 155 Å². The summed E-state index contributed by atoms with van der Waals surface area (Å²) in [7, 11) is 3.11. The van der Waals surface area contributed by atoms with Crippen LogP contribution in [0.3, 0.4) is 0 Å². The molecule has 26 heavy (non-hydrogen) atoms. The SMILES string of the molecule is COc1ccc(OC)c(COC(=O)C[C@@H]2Sc3ccccc3NC2=O)c1. The number of methoxy groups -OCH3 is 2. The van der Waals surface area contributed by atoms with Gasteiger partial charge in [0, 0.05) is 10.5 Å². The Morgan fingerprint density at radius 3 is 2.73 bits per heavy atom. The molecule has 6 nitrogen and oxygen atoms in total. The molecule has 0 bridgehead atoms. The molecular formula is C19H19NO5S. The minimum Gasteiger partial charge on any atom is -0.497 e. The summed E-state index contributed by atoms with van der Waals surface area (Å²) in [5.41, 5.74) is 1.47. The molecule has 2 aromatic carbocycles. The summed E-state index contributed by atoms with van der Waals surface area (Å²) in [5.74, 6) is 0.625. The fraction of sp³-hybridized carbons (Fsp3) is 0.263. The lowest BCUT2D eigenvalue weighted by molar-refractivity contribution is -0.145. The van der Waals surface area contributed by atoms with Crippen LogP contribution in [0.1, 0.15) is 12.0 Å². The Morgan fingerprint density at radius 1 is 1.15 bits per heavy atom. The third kappa shape index (κ3) is 4.11. The number of para-hydroxylation sites is 1. The molecule has 0 saturated carbocycles. The van der Waals surface area contributed by atoms with Gasteiger partial charge in [-0.05, 0) is 30.3 Å². The molecule has 0 spiro atoms. The van der Waals surface area contributed by atoms with Gasteiger partial charge in [-0.3, -0.25) is 9.59 Å². The highest BCUT2D eigenvalue weighted by Gasteiger charge is 2.29. The molecule has 0 fully saturated rings. The number of hydrogen-bond acceptors (Lipinski definition) is 6. The van der Waals surface area contributed by atoms with Crippen molar-refractivity contribution in [3.63, 3.8) is 0 Å². The molecule has 1 N–H and O–H groups in total. The second kappa shape index (κ2) is 8.14. The molecule has 0 unspecified atom stereocenters. The standard InChI is InChI=1S/C19H19NO5S/c1-23-13-7-8-15(24-2)12(9-13)11-25-18(21)10-17-19(22)20-14-5-3-4-6-16(14)26-17/h3-9,17H,10-11H2,1-2H3,(H,20,22)/t17-/m0/s1. The number of carbonyl (C=O) groups is 2. The largest absolute Gasteiger partial charge is 0.497 e. The number of carbonyl (C=O) groups excluding carboxylic acids is 2. The maximum atomic E-state index is 12.2. The maximum Gasteiger partial charge on any atom is 0.307 e. The van der Waals surface area contributed by atoms with E-state index < -0.39 is 11.2 Å². The van der Waals surface area contributed by atoms with Gasteiger partial charge in [-0.2, -0.15) is 0 Å². The van der Waals surface area contributed by atoms with E-state index in [1.807, 2.05) is 24.3 Å². The monoisotopic (exact) mass is 373 g/mol. The van der Waals surface area contributed by atoms with Gasteiger partial charge in [-0.25, -0.2) is 0 Å². The molecular weight excluding hydrogens is 354 g/mol. The van der Waals surface area contributed by atoms with E-state index in [9.17, 15) is 9.59 Å². The van der Waals surface area contributed by atoms with E-state index >= 15 is 0 Å². The van der Waals surface area contributed by atoms with E-state index in [1.54, 1.807) is 32.4 Å². The van der Waals surface area contributed by atoms with Crippen molar-refractivity contribution in [3.05, 3.63) is 48.0 Å². The fourth-order valence-corrected chi connectivity index (χ4v) is 3.69. The number of benzene rings is 2. The van der Waals surface area contributed by atoms with Crippen LogP contribution in [0, 0.1) is 0 Å². The highest BCUT2D eigenvalue weighted by atomic mass is 32.2. The van der Waals surface area contributed by atoms with Gasteiger partial charge in [-0.1, -0.05) is 12.1 Å². The Balaban J connectivity index is 1.61. The van der Waals surface area contributed by atoms with Crippen molar-refractivity contribution in [1.82, 2.24) is 0 Å². The summed E-state index contributed by atoms with van der Waals surface area (Å²) in [5, 5.41) is 2.31. The zero-order valence-corrected chi connectivity index (χ0v) is 15.3. The summed E-state index contributed by atoms with van der Waals surface area (Å²) in [6, 6.07) is 12.8. The topological polar surface area (TPSA) is 73.9 Å². The molecule has 0 aliphatic carbocycles. The minimum atomic E-state index is -0.510. The predicted octanol–water partition coefficient (Wildman–Crippen LogP) is 3.25. The lowest BCUT2D eigenvalue weighted by Gasteiger charge is -2.23. The molecule has 1 atom stereocenters. The number of thioether (sulfide) groups is 1. The van der Waals surface area contributed by atoms with Crippen LogP contribution in [0.4, 0.5) is 5.69 Å². The normalized spacial score (nSPS) is 15.6. The van der Waals surface area contributed by atoms with Crippen molar-refractivity contribution in [2.45, 2.75) is 23.2 Å². The number of fused-ring (bicyclic) bond motifs is 1.